The Morgan fingerprint density at radius 3 is 1.88 bits per heavy atom. The second-order valence-corrected chi connectivity index (χ2v) is 6.31. The fourth-order valence-electron chi connectivity index (χ4n) is 2.97. The first-order valence-corrected chi connectivity index (χ1v) is 8.76. The molecule has 0 heterocycles. The molecule has 0 spiro atoms. The molecule has 3 aromatic carbocycles. The summed E-state index contributed by atoms with van der Waals surface area (Å²) in [5, 5.41) is 3.46. The van der Waals surface area contributed by atoms with Crippen LogP contribution in [0.1, 0.15) is 33.8 Å². The van der Waals surface area contributed by atoms with Gasteiger partial charge in [0.05, 0.1) is 10.6 Å². The molecule has 0 aliphatic heterocycles. The fraction of sp³-hybridized carbons (Fsp3) is 0.136. The van der Waals surface area contributed by atoms with Crippen LogP contribution in [0.4, 0.5) is 0 Å². The van der Waals surface area contributed by atoms with Gasteiger partial charge in [0.1, 0.15) is 0 Å². The topological polar surface area (TPSA) is 29.1 Å². The second-order valence-electron chi connectivity index (χ2n) is 5.90. The molecule has 0 aromatic heterocycles. The lowest BCUT2D eigenvalue weighted by Crippen LogP contribution is -2.26. The summed E-state index contributed by atoms with van der Waals surface area (Å²) in [5.41, 5.74) is 3.02. The Kier molecular flexibility index (Phi) is 5.86. The van der Waals surface area contributed by atoms with Crippen molar-refractivity contribution in [3.63, 3.8) is 0 Å². The van der Waals surface area contributed by atoms with Gasteiger partial charge in [0.2, 0.25) is 0 Å². The molecule has 3 rings (SSSR count). The van der Waals surface area contributed by atoms with Crippen molar-refractivity contribution in [2.75, 3.05) is 6.54 Å². The summed E-state index contributed by atoms with van der Waals surface area (Å²) in [6, 6.07) is 27.9. The molecule has 3 aromatic rings. The Morgan fingerprint density at radius 2 is 1.32 bits per heavy atom. The minimum absolute atomic E-state index is 0.134. The summed E-state index contributed by atoms with van der Waals surface area (Å²) >= 11 is 6.09. The molecule has 0 aliphatic rings. The van der Waals surface area contributed by atoms with E-state index in [1.165, 1.54) is 11.1 Å². The van der Waals surface area contributed by atoms with Crippen molar-refractivity contribution in [2.45, 2.75) is 12.3 Å². The number of halogens is 1. The third-order valence-corrected chi connectivity index (χ3v) is 4.57. The Labute approximate surface area is 153 Å². The lowest BCUT2D eigenvalue weighted by atomic mass is 9.88. The van der Waals surface area contributed by atoms with Crippen molar-refractivity contribution in [1.82, 2.24) is 5.32 Å². The van der Waals surface area contributed by atoms with Crippen LogP contribution in [0, 0.1) is 0 Å². The maximum Gasteiger partial charge on any atom is 0.252 e. The lowest BCUT2D eigenvalue weighted by Gasteiger charge is -2.18. The largest absolute Gasteiger partial charge is 0.352 e. The van der Waals surface area contributed by atoms with Crippen molar-refractivity contribution < 1.29 is 4.79 Å². The summed E-state index contributed by atoms with van der Waals surface area (Å²) in [5.74, 6) is 0.111. The molecule has 1 N–H and O–H groups in total. The number of carbonyl (C=O) groups is 1. The molecule has 0 fully saturated rings. The van der Waals surface area contributed by atoms with E-state index < -0.39 is 0 Å². The minimum Gasteiger partial charge on any atom is -0.352 e. The molecule has 3 heteroatoms. The van der Waals surface area contributed by atoms with E-state index in [-0.39, 0.29) is 11.8 Å². The predicted octanol–water partition coefficient (Wildman–Crippen LogP) is 5.29. The van der Waals surface area contributed by atoms with E-state index in [0.717, 1.165) is 6.42 Å². The average molecular weight is 350 g/mol. The van der Waals surface area contributed by atoms with Crippen molar-refractivity contribution in [3.05, 3.63) is 107 Å². The molecule has 1 amide bonds. The van der Waals surface area contributed by atoms with Gasteiger partial charge >= 0.3 is 0 Å². The van der Waals surface area contributed by atoms with E-state index in [9.17, 15) is 4.79 Å². The first-order chi connectivity index (χ1) is 12.3. The van der Waals surface area contributed by atoms with Crippen LogP contribution in [0.25, 0.3) is 0 Å². The maximum atomic E-state index is 12.3. The van der Waals surface area contributed by atoms with E-state index in [1.807, 2.05) is 48.5 Å². The summed E-state index contributed by atoms with van der Waals surface area (Å²) in [6.07, 6.45) is 0.824. The quantitative estimate of drug-likeness (QED) is 0.643. The zero-order valence-corrected chi connectivity index (χ0v) is 14.6. The molecule has 126 valence electrons. The zero-order valence-electron chi connectivity index (χ0n) is 13.9. The van der Waals surface area contributed by atoms with Gasteiger partial charge in [0.15, 0.2) is 0 Å². The molecule has 2 nitrogen and oxygen atoms in total. The van der Waals surface area contributed by atoms with Gasteiger partial charge in [-0.05, 0) is 29.7 Å². The number of hydrogen-bond acceptors (Lipinski definition) is 1. The van der Waals surface area contributed by atoms with Crippen LogP contribution in [0.5, 0.6) is 0 Å². The van der Waals surface area contributed by atoms with Crippen LogP contribution in [0.15, 0.2) is 84.9 Å². The number of amides is 1. The molecule has 25 heavy (non-hydrogen) atoms. The molecule has 0 unspecified atom stereocenters. The summed E-state index contributed by atoms with van der Waals surface area (Å²) in [4.78, 5) is 12.3. The van der Waals surface area contributed by atoms with Crippen LogP contribution < -0.4 is 5.32 Å². The lowest BCUT2D eigenvalue weighted by molar-refractivity contribution is 0.0953. The SMILES string of the molecule is O=C(NCCC(c1ccccc1)c1ccccc1)c1ccccc1Cl. The third kappa shape index (κ3) is 4.49. The predicted molar refractivity (Wildman–Crippen MR) is 103 cm³/mol. The standard InChI is InChI=1S/C22H20ClNO/c23-21-14-8-7-13-20(21)22(25)24-16-15-19(17-9-3-1-4-10-17)18-11-5-2-6-12-18/h1-14,19H,15-16H2,(H,24,25). The summed E-state index contributed by atoms with van der Waals surface area (Å²) in [6.45, 7) is 0.582. The fourth-order valence-corrected chi connectivity index (χ4v) is 3.19. The Hall–Kier alpha value is -2.58. The smallest absolute Gasteiger partial charge is 0.252 e. The van der Waals surface area contributed by atoms with Gasteiger partial charge in [-0.15, -0.1) is 0 Å². The van der Waals surface area contributed by atoms with Gasteiger partial charge in [0, 0.05) is 12.5 Å². The van der Waals surface area contributed by atoms with Gasteiger partial charge in [0.25, 0.3) is 5.91 Å². The first kappa shape index (κ1) is 17.2. The average Bonchev–Trinajstić information content (AvgIpc) is 2.67. The van der Waals surface area contributed by atoms with Gasteiger partial charge in [-0.1, -0.05) is 84.4 Å². The van der Waals surface area contributed by atoms with Gasteiger partial charge in [-0.3, -0.25) is 4.79 Å². The normalized spacial score (nSPS) is 10.6. The molecule has 0 saturated heterocycles. The molecule has 0 bridgehead atoms. The van der Waals surface area contributed by atoms with E-state index >= 15 is 0 Å². The number of rotatable bonds is 6. The first-order valence-electron chi connectivity index (χ1n) is 8.38. The van der Waals surface area contributed by atoms with Crippen molar-refractivity contribution in [2.24, 2.45) is 0 Å². The second kappa shape index (κ2) is 8.50. The Balaban J connectivity index is 1.70. The molecule has 0 saturated carbocycles. The van der Waals surface area contributed by atoms with Crippen LogP contribution >= 0.6 is 11.6 Å². The number of carbonyl (C=O) groups excluding carboxylic acids is 1. The Bertz CT molecular complexity index is 778. The van der Waals surface area contributed by atoms with Crippen LogP contribution in [0.3, 0.4) is 0 Å². The number of benzene rings is 3. The van der Waals surface area contributed by atoms with E-state index in [2.05, 4.69) is 29.6 Å². The molecular weight excluding hydrogens is 330 g/mol. The highest BCUT2D eigenvalue weighted by atomic mass is 35.5. The van der Waals surface area contributed by atoms with Gasteiger partial charge < -0.3 is 5.32 Å². The summed E-state index contributed by atoms with van der Waals surface area (Å²) < 4.78 is 0. The van der Waals surface area contributed by atoms with Crippen molar-refractivity contribution >= 4 is 17.5 Å². The number of hydrogen-bond donors (Lipinski definition) is 1. The van der Waals surface area contributed by atoms with E-state index in [0.29, 0.717) is 17.1 Å². The minimum atomic E-state index is -0.134. The van der Waals surface area contributed by atoms with E-state index in [1.54, 1.807) is 12.1 Å². The molecular formula is C22H20ClNO. The monoisotopic (exact) mass is 349 g/mol. The van der Waals surface area contributed by atoms with E-state index in [4.69, 9.17) is 11.6 Å². The van der Waals surface area contributed by atoms with Crippen LogP contribution in [0.2, 0.25) is 5.02 Å². The van der Waals surface area contributed by atoms with Crippen molar-refractivity contribution in [1.29, 1.82) is 0 Å². The molecule has 0 aliphatic carbocycles. The third-order valence-electron chi connectivity index (χ3n) is 4.24. The van der Waals surface area contributed by atoms with Crippen molar-refractivity contribution in [3.8, 4) is 0 Å². The highest BCUT2D eigenvalue weighted by molar-refractivity contribution is 6.33. The molecule has 0 atom stereocenters. The van der Waals surface area contributed by atoms with Crippen LogP contribution in [-0.2, 0) is 0 Å². The Morgan fingerprint density at radius 1 is 0.800 bits per heavy atom. The van der Waals surface area contributed by atoms with Gasteiger partial charge in [-0.25, -0.2) is 0 Å². The number of nitrogens with one attached hydrogen (secondary N) is 1. The zero-order chi connectivity index (χ0) is 17.5. The molecule has 0 radical (unpaired) electrons. The van der Waals surface area contributed by atoms with Gasteiger partial charge in [-0.2, -0.15) is 0 Å². The van der Waals surface area contributed by atoms with Crippen LogP contribution in [-0.4, -0.2) is 12.5 Å². The summed E-state index contributed by atoms with van der Waals surface area (Å²) in [7, 11) is 0. The maximum absolute atomic E-state index is 12.3. The highest BCUT2D eigenvalue weighted by Gasteiger charge is 2.15. The highest BCUT2D eigenvalue weighted by Crippen LogP contribution is 2.27.